The summed E-state index contributed by atoms with van der Waals surface area (Å²) in [7, 11) is 0. The minimum atomic E-state index is -0.211. The maximum atomic E-state index is 10.7. The standard InChI is InChI=1S/C7H9NOS2/c1-5(7(9)10)8-6-3-2-4-11-6/h2-5,8H,1H3,(H,9,10)/t5-/m0/s1. The molecule has 1 atom stereocenters. The van der Waals surface area contributed by atoms with E-state index in [1.54, 1.807) is 18.3 Å². The Kier molecular flexibility index (Phi) is 2.96. The Morgan fingerprint density at radius 3 is 3.00 bits per heavy atom. The van der Waals surface area contributed by atoms with Gasteiger partial charge in [-0.1, -0.05) is 0 Å². The zero-order valence-electron chi connectivity index (χ0n) is 6.07. The second kappa shape index (κ2) is 3.78. The molecule has 0 fully saturated rings. The van der Waals surface area contributed by atoms with E-state index in [0.717, 1.165) is 5.00 Å². The normalized spacial score (nSPS) is 12.5. The average Bonchev–Trinajstić information content (AvgIpc) is 2.39. The summed E-state index contributed by atoms with van der Waals surface area (Å²) in [5.41, 5.74) is 0. The summed E-state index contributed by atoms with van der Waals surface area (Å²) in [5.74, 6) is 0. The van der Waals surface area contributed by atoms with Crippen LogP contribution in [0, 0.1) is 0 Å². The van der Waals surface area contributed by atoms with Gasteiger partial charge in [0.1, 0.15) is 0 Å². The van der Waals surface area contributed by atoms with Gasteiger partial charge < -0.3 is 5.32 Å². The van der Waals surface area contributed by atoms with E-state index in [4.69, 9.17) is 0 Å². The quantitative estimate of drug-likeness (QED) is 0.709. The zero-order chi connectivity index (χ0) is 8.27. The highest BCUT2D eigenvalue weighted by Gasteiger charge is 2.07. The number of carbonyl (C=O) groups is 1. The highest BCUT2D eigenvalue weighted by molar-refractivity contribution is 7.96. The van der Waals surface area contributed by atoms with Gasteiger partial charge in [0, 0.05) is 0 Å². The van der Waals surface area contributed by atoms with Gasteiger partial charge in [-0.25, -0.2) is 0 Å². The largest absolute Gasteiger partial charge is 0.367 e. The first-order valence-corrected chi connectivity index (χ1v) is 4.55. The molecule has 1 aromatic rings. The molecule has 1 rings (SSSR count). The third kappa shape index (κ3) is 2.55. The molecule has 4 heteroatoms. The third-order valence-electron chi connectivity index (χ3n) is 1.25. The molecule has 0 aliphatic heterocycles. The van der Waals surface area contributed by atoms with E-state index < -0.39 is 0 Å². The van der Waals surface area contributed by atoms with Gasteiger partial charge >= 0.3 is 0 Å². The van der Waals surface area contributed by atoms with Crippen LogP contribution in [0.4, 0.5) is 5.00 Å². The molecule has 60 valence electrons. The van der Waals surface area contributed by atoms with Crippen LogP contribution in [-0.4, -0.2) is 11.2 Å². The first kappa shape index (κ1) is 8.62. The Labute approximate surface area is 75.0 Å². The number of anilines is 1. The number of nitrogens with one attached hydrogen (secondary N) is 1. The fourth-order valence-electron chi connectivity index (χ4n) is 0.636. The van der Waals surface area contributed by atoms with Crippen LogP contribution in [0.3, 0.4) is 0 Å². The van der Waals surface area contributed by atoms with E-state index in [2.05, 4.69) is 17.9 Å². The Balaban J connectivity index is 2.50. The minimum Gasteiger partial charge on any atom is -0.367 e. The first-order chi connectivity index (χ1) is 5.20. The van der Waals surface area contributed by atoms with Crippen LogP contribution in [0.25, 0.3) is 0 Å². The van der Waals surface area contributed by atoms with E-state index in [0.29, 0.717) is 0 Å². The molecule has 0 unspecified atom stereocenters. The van der Waals surface area contributed by atoms with E-state index in [-0.39, 0.29) is 11.2 Å². The lowest BCUT2D eigenvalue weighted by Crippen LogP contribution is -2.20. The van der Waals surface area contributed by atoms with Gasteiger partial charge in [0.25, 0.3) is 0 Å². The lowest BCUT2D eigenvalue weighted by atomic mass is 10.4. The lowest BCUT2D eigenvalue weighted by molar-refractivity contribution is -0.111. The van der Waals surface area contributed by atoms with Crippen LogP contribution in [0.2, 0.25) is 0 Å². The predicted octanol–water partition coefficient (Wildman–Crippen LogP) is 2.00. The fourth-order valence-corrected chi connectivity index (χ4v) is 1.41. The molecule has 0 aromatic carbocycles. The molecule has 0 aliphatic carbocycles. The van der Waals surface area contributed by atoms with Crippen molar-refractivity contribution in [2.24, 2.45) is 0 Å². The molecule has 11 heavy (non-hydrogen) atoms. The van der Waals surface area contributed by atoms with E-state index in [1.807, 2.05) is 17.5 Å². The van der Waals surface area contributed by atoms with Gasteiger partial charge in [-0.15, -0.1) is 24.0 Å². The minimum absolute atomic E-state index is 0.140. The van der Waals surface area contributed by atoms with Gasteiger partial charge in [0.2, 0.25) is 5.12 Å². The maximum Gasteiger partial charge on any atom is 0.207 e. The van der Waals surface area contributed by atoms with Crippen molar-refractivity contribution in [3.8, 4) is 0 Å². The van der Waals surface area contributed by atoms with Crippen LogP contribution >= 0.6 is 24.0 Å². The van der Waals surface area contributed by atoms with Crippen molar-refractivity contribution >= 4 is 34.1 Å². The topological polar surface area (TPSA) is 29.1 Å². The number of carbonyl (C=O) groups excluding carboxylic acids is 1. The molecule has 1 aromatic heterocycles. The number of thiophene rings is 1. The smallest absolute Gasteiger partial charge is 0.207 e. The second-order valence-corrected chi connectivity index (χ2v) is 3.57. The van der Waals surface area contributed by atoms with Crippen LogP contribution in [0.1, 0.15) is 6.92 Å². The molecular formula is C7H9NOS2. The molecule has 2 nitrogen and oxygen atoms in total. The van der Waals surface area contributed by atoms with Crippen molar-refractivity contribution in [2.45, 2.75) is 13.0 Å². The van der Waals surface area contributed by atoms with Crippen molar-refractivity contribution in [2.75, 3.05) is 5.32 Å². The van der Waals surface area contributed by atoms with Crippen molar-refractivity contribution in [3.63, 3.8) is 0 Å². The maximum absolute atomic E-state index is 10.7. The van der Waals surface area contributed by atoms with Crippen molar-refractivity contribution in [3.05, 3.63) is 17.5 Å². The summed E-state index contributed by atoms with van der Waals surface area (Å²) in [4.78, 5) is 10.7. The molecular weight excluding hydrogens is 178 g/mol. The van der Waals surface area contributed by atoms with E-state index >= 15 is 0 Å². The monoisotopic (exact) mass is 187 g/mol. The highest BCUT2D eigenvalue weighted by atomic mass is 32.1. The van der Waals surface area contributed by atoms with Crippen molar-refractivity contribution in [1.29, 1.82) is 0 Å². The zero-order valence-corrected chi connectivity index (χ0v) is 7.78. The SMILES string of the molecule is C[C@H](Nc1cccs1)C(=O)S. The Hall–Kier alpha value is -0.480. The van der Waals surface area contributed by atoms with Crippen molar-refractivity contribution < 1.29 is 4.79 Å². The van der Waals surface area contributed by atoms with Gasteiger partial charge in [0.05, 0.1) is 11.0 Å². The molecule has 0 saturated heterocycles. The second-order valence-electron chi connectivity index (χ2n) is 2.18. The number of rotatable bonds is 3. The third-order valence-corrected chi connectivity index (χ3v) is 2.44. The van der Waals surface area contributed by atoms with E-state index in [9.17, 15) is 4.79 Å². The number of hydrogen-bond acceptors (Lipinski definition) is 3. The lowest BCUT2D eigenvalue weighted by Gasteiger charge is -2.07. The molecule has 1 heterocycles. The van der Waals surface area contributed by atoms with Gasteiger partial charge in [0.15, 0.2) is 0 Å². The molecule has 1 N–H and O–H groups in total. The number of thiol groups is 1. The summed E-state index contributed by atoms with van der Waals surface area (Å²) in [6.07, 6.45) is 0. The number of hydrogen-bond donors (Lipinski definition) is 2. The van der Waals surface area contributed by atoms with Crippen LogP contribution in [0.15, 0.2) is 17.5 Å². The summed E-state index contributed by atoms with van der Waals surface area (Å²) in [5, 5.41) is 5.83. The summed E-state index contributed by atoms with van der Waals surface area (Å²) in [6.45, 7) is 1.79. The summed E-state index contributed by atoms with van der Waals surface area (Å²) >= 11 is 5.28. The molecule has 0 aliphatic rings. The Bertz CT molecular complexity index is 233. The first-order valence-electron chi connectivity index (χ1n) is 3.23. The molecule has 0 amide bonds. The van der Waals surface area contributed by atoms with Crippen molar-refractivity contribution in [1.82, 2.24) is 0 Å². The Morgan fingerprint density at radius 1 is 1.82 bits per heavy atom. The highest BCUT2D eigenvalue weighted by Crippen LogP contribution is 2.16. The fraction of sp³-hybridized carbons (Fsp3) is 0.286. The van der Waals surface area contributed by atoms with Gasteiger partial charge in [-0.3, -0.25) is 4.79 Å². The van der Waals surface area contributed by atoms with Crippen LogP contribution in [0.5, 0.6) is 0 Å². The molecule has 0 saturated carbocycles. The van der Waals surface area contributed by atoms with Gasteiger partial charge in [-0.2, -0.15) is 0 Å². The van der Waals surface area contributed by atoms with Crippen LogP contribution in [-0.2, 0) is 4.79 Å². The molecule has 0 spiro atoms. The predicted molar refractivity (Wildman–Crippen MR) is 51.4 cm³/mol. The van der Waals surface area contributed by atoms with Crippen LogP contribution < -0.4 is 5.32 Å². The molecule has 0 radical (unpaired) electrons. The summed E-state index contributed by atoms with van der Waals surface area (Å²) < 4.78 is 0. The van der Waals surface area contributed by atoms with Gasteiger partial charge in [-0.05, 0) is 24.4 Å². The molecule has 0 bridgehead atoms. The Morgan fingerprint density at radius 2 is 2.55 bits per heavy atom. The average molecular weight is 187 g/mol. The van der Waals surface area contributed by atoms with E-state index in [1.165, 1.54) is 0 Å². The summed E-state index contributed by atoms with van der Waals surface area (Å²) in [6, 6.07) is 3.65.